The Balaban J connectivity index is 0.00000272. The summed E-state index contributed by atoms with van der Waals surface area (Å²) < 4.78 is 2.34. The smallest absolute Gasteiger partial charge is 0.193 e. The normalized spacial score (nSPS) is 18.9. The number of aryl methyl sites for hydroxylation is 1. The highest BCUT2D eigenvalue weighted by molar-refractivity contribution is 14.0. The lowest BCUT2D eigenvalue weighted by Crippen LogP contribution is -2.40. The summed E-state index contributed by atoms with van der Waals surface area (Å²) in [6.45, 7) is 7.05. The molecule has 1 aromatic carbocycles. The van der Waals surface area contributed by atoms with Gasteiger partial charge in [-0.3, -0.25) is 4.99 Å². The molecule has 1 atom stereocenters. The summed E-state index contributed by atoms with van der Waals surface area (Å²) in [6.07, 6.45) is 6.93. The van der Waals surface area contributed by atoms with Crippen molar-refractivity contribution in [2.75, 3.05) is 31.9 Å². The van der Waals surface area contributed by atoms with Crippen LogP contribution in [0.15, 0.2) is 40.2 Å². The zero-order valence-corrected chi connectivity index (χ0v) is 21.6. The quantitative estimate of drug-likeness (QED) is 0.240. The first-order valence-electron chi connectivity index (χ1n) is 11.5. The topological polar surface area (TPSA) is 58.3 Å². The van der Waals surface area contributed by atoms with Crippen LogP contribution in [-0.2, 0) is 19.4 Å². The van der Waals surface area contributed by atoms with E-state index in [1.807, 2.05) is 11.8 Å². The van der Waals surface area contributed by atoms with Gasteiger partial charge in [0.1, 0.15) is 11.6 Å². The van der Waals surface area contributed by atoms with E-state index in [1.165, 1.54) is 36.3 Å². The molecule has 0 aliphatic carbocycles. The number of aliphatic imine (C=N–C) groups is 1. The Morgan fingerprint density at radius 1 is 1.16 bits per heavy atom. The third-order valence-corrected chi connectivity index (χ3v) is 7.18. The number of likely N-dealkylation sites (tertiary alicyclic amines) is 1. The molecule has 1 unspecified atom stereocenters. The van der Waals surface area contributed by atoms with E-state index in [0.29, 0.717) is 5.92 Å². The van der Waals surface area contributed by atoms with E-state index in [0.717, 1.165) is 63.2 Å². The van der Waals surface area contributed by atoms with Crippen molar-refractivity contribution in [3.05, 3.63) is 42.0 Å². The molecule has 0 amide bonds. The van der Waals surface area contributed by atoms with Crippen LogP contribution in [0.3, 0.4) is 0 Å². The molecule has 1 saturated heterocycles. The van der Waals surface area contributed by atoms with Crippen molar-refractivity contribution in [2.24, 2.45) is 10.9 Å². The van der Waals surface area contributed by atoms with Gasteiger partial charge in [0.15, 0.2) is 5.96 Å². The van der Waals surface area contributed by atoms with E-state index in [1.54, 1.807) is 0 Å². The second-order valence-corrected chi connectivity index (χ2v) is 9.30. The van der Waals surface area contributed by atoms with E-state index in [2.05, 4.69) is 62.2 Å². The Morgan fingerprint density at radius 3 is 2.87 bits per heavy atom. The third kappa shape index (κ3) is 6.84. The Bertz CT molecular complexity index is 825. The van der Waals surface area contributed by atoms with Crippen molar-refractivity contribution in [3.63, 3.8) is 0 Å². The molecule has 4 rings (SSSR count). The van der Waals surface area contributed by atoms with Gasteiger partial charge < -0.3 is 14.8 Å². The van der Waals surface area contributed by atoms with Gasteiger partial charge >= 0.3 is 0 Å². The van der Waals surface area contributed by atoms with Gasteiger partial charge in [-0.05, 0) is 44.2 Å². The maximum Gasteiger partial charge on any atom is 0.193 e. The number of fused-ring (bicyclic) bond motifs is 1. The number of hydrogen-bond donors (Lipinski definition) is 1. The minimum absolute atomic E-state index is 0. The average molecular weight is 555 g/mol. The van der Waals surface area contributed by atoms with Crippen LogP contribution in [0.25, 0.3) is 0 Å². The Kier molecular flexibility index (Phi) is 9.95. The monoisotopic (exact) mass is 554 g/mol. The summed E-state index contributed by atoms with van der Waals surface area (Å²) in [5, 5.41) is 12.4. The SMILES string of the molecule is CCNC(=NCCc1nnc2n1CCCCC2)N1CCC(CSc2ccccc2)C1.I. The Hall–Kier alpha value is -1.29. The molecule has 0 saturated carbocycles. The van der Waals surface area contributed by atoms with Crippen LogP contribution in [0.4, 0.5) is 0 Å². The Labute approximate surface area is 207 Å². The summed E-state index contributed by atoms with van der Waals surface area (Å²) in [7, 11) is 0. The molecule has 3 heterocycles. The molecule has 0 radical (unpaired) electrons. The molecular formula is C23H35IN6S. The van der Waals surface area contributed by atoms with Crippen LogP contribution >= 0.6 is 35.7 Å². The van der Waals surface area contributed by atoms with E-state index in [9.17, 15) is 0 Å². The highest BCUT2D eigenvalue weighted by Gasteiger charge is 2.25. The van der Waals surface area contributed by atoms with Crippen LogP contribution in [0, 0.1) is 5.92 Å². The number of thioether (sulfide) groups is 1. The van der Waals surface area contributed by atoms with Gasteiger partial charge in [0.25, 0.3) is 0 Å². The molecule has 1 fully saturated rings. The van der Waals surface area contributed by atoms with Gasteiger partial charge in [-0.1, -0.05) is 24.6 Å². The summed E-state index contributed by atoms with van der Waals surface area (Å²) in [4.78, 5) is 8.74. The molecule has 6 nitrogen and oxygen atoms in total. The van der Waals surface area contributed by atoms with Crippen LogP contribution in [0.2, 0.25) is 0 Å². The van der Waals surface area contributed by atoms with E-state index >= 15 is 0 Å². The maximum absolute atomic E-state index is 4.94. The number of rotatable bonds is 7. The fourth-order valence-electron chi connectivity index (χ4n) is 4.31. The summed E-state index contributed by atoms with van der Waals surface area (Å²) >= 11 is 1.97. The highest BCUT2D eigenvalue weighted by atomic mass is 127. The number of nitrogens with zero attached hydrogens (tertiary/aromatic N) is 5. The molecule has 0 bridgehead atoms. The number of benzene rings is 1. The molecule has 2 aliphatic rings. The molecule has 8 heteroatoms. The predicted octanol–water partition coefficient (Wildman–Crippen LogP) is 4.24. The third-order valence-electron chi connectivity index (χ3n) is 5.93. The van der Waals surface area contributed by atoms with Gasteiger partial charge in [-0.15, -0.1) is 45.9 Å². The first-order valence-corrected chi connectivity index (χ1v) is 12.4. The Morgan fingerprint density at radius 2 is 2.03 bits per heavy atom. The highest BCUT2D eigenvalue weighted by Crippen LogP contribution is 2.26. The fourth-order valence-corrected chi connectivity index (χ4v) is 5.36. The van der Waals surface area contributed by atoms with E-state index in [-0.39, 0.29) is 24.0 Å². The first-order chi connectivity index (χ1) is 14.8. The largest absolute Gasteiger partial charge is 0.357 e. The number of aromatic nitrogens is 3. The van der Waals surface area contributed by atoms with Crippen molar-refractivity contribution >= 4 is 41.7 Å². The van der Waals surface area contributed by atoms with Gasteiger partial charge in [0.05, 0.1) is 0 Å². The van der Waals surface area contributed by atoms with Crippen molar-refractivity contribution < 1.29 is 0 Å². The second kappa shape index (κ2) is 12.7. The van der Waals surface area contributed by atoms with Gasteiger partial charge in [0.2, 0.25) is 0 Å². The van der Waals surface area contributed by atoms with E-state index < -0.39 is 0 Å². The fraction of sp³-hybridized carbons (Fsp3) is 0.609. The predicted molar refractivity (Wildman–Crippen MR) is 140 cm³/mol. The molecule has 170 valence electrons. The molecule has 0 spiro atoms. The number of hydrogen-bond acceptors (Lipinski definition) is 4. The second-order valence-electron chi connectivity index (χ2n) is 8.21. The van der Waals surface area contributed by atoms with E-state index in [4.69, 9.17) is 4.99 Å². The zero-order chi connectivity index (χ0) is 20.6. The lowest BCUT2D eigenvalue weighted by atomic mass is 10.2. The van der Waals surface area contributed by atoms with Crippen molar-refractivity contribution in [2.45, 2.75) is 56.9 Å². The van der Waals surface area contributed by atoms with Gasteiger partial charge in [-0.2, -0.15) is 0 Å². The number of halogens is 1. The van der Waals surface area contributed by atoms with Crippen LogP contribution in [0.5, 0.6) is 0 Å². The zero-order valence-electron chi connectivity index (χ0n) is 18.5. The minimum Gasteiger partial charge on any atom is -0.357 e. The number of nitrogens with one attached hydrogen (secondary N) is 1. The molecule has 2 aromatic rings. The minimum atomic E-state index is 0. The first kappa shape index (κ1) is 24.4. The summed E-state index contributed by atoms with van der Waals surface area (Å²) in [6, 6.07) is 10.7. The maximum atomic E-state index is 4.94. The summed E-state index contributed by atoms with van der Waals surface area (Å²) in [5.41, 5.74) is 0. The number of guanidine groups is 1. The molecule has 1 aromatic heterocycles. The lowest BCUT2D eigenvalue weighted by Gasteiger charge is -2.21. The van der Waals surface area contributed by atoms with Crippen molar-refractivity contribution in [1.29, 1.82) is 0 Å². The standard InChI is InChI=1S/C23H34N6S.HI/c1-2-24-23(25-14-12-22-27-26-21-11-7-4-8-15-29(21)22)28-16-13-19(17-28)18-30-20-9-5-3-6-10-20;/h3,5-6,9-10,19H,2,4,7-8,11-18H2,1H3,(H,24,25);1H. The molecule has 31 heavy (non-hydrogen) atoms. The summed E-state index contributed by atoms with van der Waals surface area (Å²) in [5.74, 6) is 5.21. The molecule has 1 N–H and O–H groups in total. The average Bonchev–Trinajstić information content (AvgIpc) is 3.33. The van der Waals surface area contributed by atoms with Crippen LogP contribution in [-0.4, -0.2) is 57.6 Å². The van der Waals surface area contributed by atoms with Crippen LogP contribution in [0.1, 0.15) is 44.3 Å². The van der Waals surface area contributed by atoms with Crippen LogP contribution < -0.4 is 5.32 Å². The van der Waals surface area contributed by atoms with Crippen molar-refractivity contribution in [3.8, 4) is 0 Å². The van der Waals surface area contributed by atoms with Gasteiger partial charge in [0, 0.05) is 56.2 Å². The van der Waals surface area contributed by atoms with Crippen molar-refractivity contribution in [1.82, 2.24) is 25.0 Å². The molecule has 2 aliphatic heterocycles. The lowest BCUT2D eigenvalue weighted by molar-refractivity contribution is 0.474. The van der Waals surface area contributed by atoms with Gasteiger partial charge in [-0.25, -0.2) is 0 Å². The molecular weight excluding hydrogens is 519 g/mol.